The average Bonchev–Trinajstić information content (AvgIpc) is 3.98. The summed E-state index contributed by atoms with van der Waals surface area (Å²) in [4.78, 5) is 5.13. The second kappa shape index (κ2) is 18.6. The molecule has 7 nitrogen and oxygen atoms in total. The second-order valence-corrected chi connectivity index (χ2v) is 18.7. The van der Waals surface area contributed by atoms with Crippen molar-refractivity contribution in [3.05, 3.63) is 234 Å². The number of alkyl halides is 6. The number of benzene rings is 9. The summed E-state index contributed by atoms with van der Waals surface area (Å²) in [5.74, 6) is 0.148. The predicted octanol–water partition coefficient (Wildman–Crippen LogP) is 17.1. The van der Waals surface area contributed by atoms with Crippen LogP contribution < -0.4 is 0 Å². The SMILES string of the molecule is N#Cc1cccc(-c2ccc3c4ccc(-c5cccc(C#N)c5)cc4n(-c4cc(-c5cc(C(F)(F)F)cc(C(F)(F)F)c5)c(-n5c6cc(-c7cccc(C#N)c7)ccc6c6ccc(-c7cccc(C#N)c7)cc65)cn4)c3c2)c1. The molecule has 0 aliphatic heterocycles. The van der Waals surface area contributed by atoms with Gasteiger partial charge in [0.05, 0.1) is 91.6 Å². The predicted molar refractivity (Wildman–Crippen MR) is 289 cm³/mol. The molecule has 0 fully saturated rings. The van der Waals surface area contributed by atoms with Crippen molar-refractivity contribution in [3.8, 4) is 91.4 Å². The lowest BCUT2D eigenvalue weighted by atomic mass is 9.98. The number of fused-ring (bicyclic) bond motifs is 6. The molecule has 370 valence electrons. The molecule has 0 bridgehead atoms. The summed E-state index contributed by atoms with van der Waals surface area (Å²) in [5.41, 5.74) is 6.16. The number of nitrogens with zero attached hydrogens (tertiary/aromatic N) is 7. The van der Waals surface area contributed by atoms with E-state index < -0.39 is 29.0 Å². The van der Waals surface area contributed by atoms with Crippen LogP contribution in [0.2, 0.25) is 0 Å². The Hall–Kier alpha value is -10.7. The van der Waals surface area contributed by atoms with Crippen molar-refractivity contribution in [1.82, 2.24) is 14.1 Å². The van der Waals surface area contributed by atoms with Gasteiger partial charge in [-0.15, -0.1) is 0 Å². The molecule has 13 heteroatoms. The van der Waals surface area contributed by atoms with Crippen LogP contribution in [0.3, 0.4) is 0 Å². The van der Waals surface area contributed by atoms with Gasteiger partial charge in [0.25, 0.3) is 0 Å². The van der Waals surface area contributed by atoms with E-state index in [9.17, 15) is 47.4 Å². The number of aromatic nitrogens is 3. The zero-order valence-electron chi connectivity index (χ0n) is 40.5. The van der Waals surface area contributed by atoms with Gasteiger partial charge in [-0.3, -0.25) is 4.57 Å². The number of hydrogen-bond acceptors (Lipinski definition) is 5. The highest BCUT2D eigenvalue weighted by Gasteiger charge is 2.37. The van der Waals surface area contributed by atoms with Crippen molar-refractivity contribution >= 4 is 43.6 Å². The normalized spacial score (nSPS) is 11.7. The number of hydrogen-bond donors (Lipinski definition) is 0. The van der Waals surface area contributed by atoms with E-state index in [-0.39, 0.29) is 23.1 Å². The van der Waals surface area contributed by atoms with Gasteiger partial charge in [0, 0.05) is 27.1 Å². The fraction of sp³-hybridized carbons (Fsp3) is 0.0308. The van der Waals surface area contributed by atoms with Crippen LogP contribution in [-0.4, -0.2) is 14.1 Å². The van der Waals surface area contributed by atoms with Crippen LogP contribution in [0.5, 0.6) is 0 Å². The van der Waals surface area contributed by atoms with E-state index in [1.807, 2.05) is 102 Å². The van der Waals surface area contributed by atoms with Gasteiger partial charge in [-0.25, -0.2) is 4.98 Å². The zero-order chi connectivity index (χ0) is 54.0. The van der Waals surface area contributed by atoms with Gasteiger partial charge in [-0.1, -0.05) is 97.1 Å². The van der Waals surface area contributed by atoms with Crippen molar-refractivity contribution in [2.75, 3.05) is 0 Å². The van der Waals surface area contributed by atoms with Crippen molar-refractivity contribution in [2.24, 2.45) is 0 Å². The van der Waals surface area contributed by atoms with Gasteiger partial charge in [0.2, 0.25) is 0 Å². The molecular formula is C65H33F6N7. The largest absolute Gasteiger partial charge is 0.416 e. The van der Waals surface area contributed by atoms with Gasteiger partial charge >= 0.3 is 12.4 Å². The molecule has 0 atom stereocenters. The Labute approximate surface area is 440 Å². The third kappa shape index (κ3) is 8.48. The Morgan fingerprint density at radius 3 is 0.974 bits per heavy atom. The molecule has 0 N–H and O–H groups in total. The van der Waals surface area contributed by atoms with E-state index in [0.717, 1.165) is 34.0 Å². The zero-order valence-corrected chi connectivity index (χ0v) is 40.5. The fourth-order valence-corrected chi connectivity index (χ4v) is 10.4. The highest BCUT2D eigenvalue weighted by atomic mass is 19.4. The summed E-state index contributed by atoms with van der Waals surface area (Å²) in [6.45, 7) is 0. The third-order valence-corrected chi connectivity index (χ3v) is 14.1. The molecule has 3 aromatic heterocycles. The van der Waals surface area contributed by atoms with Gasteiger partial charge in [-0.05, 0) is 147 Å². The highest BCUT2D eigenvalue weighted by Crippen LogP contribution is 2.45. The van der Waals surface area contributed by atoms with Crippen molar-refractivity contribution in [3.63, 3.8) is 0 Å². The number of rotatable bonds is 7. The Bertz CT molecular complexity index is 4400. The minimum absolute atomic E-state index is 0.0325. The van der Waals surface area contributed by atoms with E-state index in [4.69, 9.17) is 4.98 Å². The summed E-state index contributed by atoms with van der Waals surface area (Å²) in [6.07, 6.45) is -8.92. The van der Waals surface area contributed by atoms with E-state index >= 15 is 0 Å². The smallest absolute Gasteiger partial charge is 0.307 e. The third-order valence-electron chi connectivity index (χ3n) is 14.1. The standard InChI is InChI=1S/C65H33F6N7/c66-64(67,68)51-25-50(26-52(31-51)65(69,70)71)57-32-63(78-60-29-48(44-11-3-7-40(23-44)35-74)15-19-55(60)56-20-16-49(30-61(56)78)45-12-4-8-41(24-45)36-75)76-37-62(57)77-58-27-46(42-9-1-5-38(21-42)33-72)13-17-53(58)54-18-14-47(28-59(54)77)43-10-2-6-39(22-43)34-73/h1-32,37H. The Morgan fingerprint density at radius 1 is 0.333 bits per heavy atom. The number of nitriles is 4. The lowest BCUT2D eigenvalue weighted by Crippen LogP contribution is -2.11. The number of pyridine rings is 1. The highest BCUT2D eigenvalue weighted by molar-refractivity contribution is 6.13. The van der Waals surface area contributed by atoms with E-state index in [1.54, 1.807) is 77.4 Å². The van der Waals surface area contributed by atoms with E-state index in [2.05, 4.69) is 24.3 Å². The Morgan fingerprint density at radius 2 is 0.654 bits per heavy atom. The minimum atomic E-state index is -5.19. The molecule has 0 unspecified atom stereocenters. The van der Waals surface area contributed by atoms with Crippen LogP contribution >= 0.6 is 0 Å². The first-order valence-electron chi connectivity index (χ1n) is 24.2. The molecule has 12 rings (SSSR count). The Kier molecular flexibility index (Phi) is 11.5. The molecule has 0 saturated carbocycles. The maximum Gasteiger partial charge on any atom is 0.416 e. The molecule has 0 aliphatic rings. The Balaban J connectivity index is 1.21. The molecule has 3 heterocycles. The number of halogens is 6. The summed E-state index contributed by atoms with van der Waals surface area (Å²) < 4.78 is 93.6. The van der Waals surface area contributed by atoms with Gasteiger partial charge in [0.15, 0.2) is 0 Å². The fourth-order valence-electron chi connectivity index (χ4n) is 10.4. The second-order valence-electron chi connectivity index (χ2n) is 18.7. The molecule has 9 aromatic carbocycles. The molecule has 0 aliphatic carbocycles. The lowest BCUT2D eigenvalue weighted by Gasteiger charge is -2.19. The average molecular weight is 1030 g/mol. The monoisotopic (exact) mass is 1030 g/mol. The van der Waals surface area contributed by atoms with E-state index in [0.29, 0.717) is 88.5 Å². The lowest BCUT2D eigenvalue weighted by molar-refractivity contribution is -0.143. The van der Waals surface area contributed by atoms with Crippen molar-refractivity contribution < 1.29 is 26.3 Å². The van der Waals surface area contributed by atoms with Crippen LogP contribution in [0.4, 0.5) is 26.3 Å². The molecule has 12 aromatic rings. The first-order chi connectivity index (χ1) is 37.7. The first kappa shape index (κ1) is 48.2. The van der Waals surface area contributed by atoms with Gasteiger partial charge in [0.1, 0.15) is 5.82 Å². The van der Waals surface area contributed by atoms with Crippen LogP contribution in [0.25, 0.3) is 111 Å². The molecule has 0 radical (unpaired) electrons. The maximum atomic E-state index is 15.0. The van der Waals surface area contributed by atoms with Crippen molar-refractivity contribution in [2.45, 2.75) is 12.4 Å². The molecule has 0 amide bonds. The van der Waals surface area contributed by atoms with Crippen LogP contribution in [0, 0.1) is 45.3 Å². The van der Waals surface area contributed by atoms with Crippen LogP contribution in [0.15, 0.2) is 200 Å². The summed E-state index contributed by atoms with van der Waals surface area (Å²) in [7, 11) is 0. The van der Waals surface area contributed by atoms with Gasteiger partial charge < -0.3 is 4.57 Å². The molecular weight excluding hydrogens is 993 g/mol. The van der Waals surface area contributed by atoms with Gasteiger partial charge in [-0.2, -0.15) is 47.4 Å². The quantitative estimate of drug-likeness (QED) is 0.147. The van der Waals surface area contributed by atoms with Crippen LogP contribution in [0.1, 0.15) is 33.4 Å². The van der Waals surface area contributed by atoms with Crippen LogP contribution in [-0.2, 0) is 12.4 Å². The summed E-state index contributed by atoms with van der Waals surface area (Å²) in [5, 5.41) is 42.2. The summed E-state index contributed by atoms with van der Waals surface area (Å²) in [6, 6.07) is 62.5. The van der Waals surface area contributed by atoms with Crippen molar-refractivity contribution in [1.29, 1.82) is 21.0 Å². The minimum Gasteiger partial charge on any atom is -0.307 e. The maximum absolute atomic E-state index is 15.0. The molecule has 0 saturated heterocycles. The summed E-state index contributed by atoms with van der Waals surface area (Å²) >= 11 is 0. The topological polar surface area (TPSA) is 118 Å². The van der Waals surface area contributed by atoms with E-state index in [1.165, 1.54) is 12.3 Å². The molecule has 0 spiro atoms. The first-order valence-corrected chi connectivity index (χ1v) is 24.2. The molecule has 78 heavy (non-hydrogen) atoms.